The van der Waals surface area contributed by atoms with Gasteiger partial charge in [-0.1, -0.05) is 0 Å². The highest BCUT2D eigenvalue weighted by molar-refractivity contribution is 6.27. The van der Waals surface area contributed by atoms with E-state index in [9.17, 15) is 9.59 Å². The molecular formula is C10H18Cl2N2O4. The fraction of sp³-hybridized carbons (Fsp3) is 0.800. The van der Waals surface area contributed by atoms with Crippen molar-refractivity contribution in [3.63, 3.8) is 0 Å². The Hall–Kier alpha value is -0.560. The molecule has 0 aromatic heterocycles. The monoisotopic (exact) mass is 300 g/mol. The molecule has 18 heavy (non-hydrogen) atoms. The van der Waals surface area contributed by atoms with Crippen LogP contribution in [-0.4, -0.2) is 56.2 Å². The minimum Gasteiger partial charge on any atom is -0.353 e. The summed E-state index contributed by atoms with van der Waals surface area (Å²) < 4.78 is 10.5. The van der Waals surface area contributed by atoms with Gasteiger partial charge < -0.3 is 20.1 Å². The second-order valence-electron chi connectivity index (χ2n) is 3.28. The zero-order valence-corrected chi connectivity index (χ0v) is 11.7. The number of carbonyl (C=O) groups excluding carboxylic acids is 2. The van der Waals surface area contributed by atoms with E-state index < -0.39 is 6.29 Å². The normalized spacial score (nSPS) is 10.4. The first-order valence-electron chi connectivity index (χ1n) is 5.48. The average Bonchev–Trinajstić information content (AvgIpc) is 2.38. The number of hydrogen-bond acceptors (Lipinski definition) is 4. The van der Waals surface area contributed by atoms with Gasteiger partial charge in [0.15, 0.2) is 6.29 Å². The predicted molar refractivity (Wildman–Crippen MR) is 68.8 cm³/mol. The van der Waals surface area contributed by atoms with Gasteiger partial charge in [-0.25, -0.2) is 0 Å². The highest BCUT2D eigenvalue weighted by Crippen LogP contribution is 1.92. The number of alkyl halides is 2. The lowest BCUT2D eigenvalue weighted by molar-refractivity contribution is -0.133. The smallest absolute Gasteiger partial charge is 0.235 e. The Morgan fingerprint density at radius 1 is 1.00 bits per heavy atom. The molecule has 0 atom stereocenters. The lowest BCUT2D eigenvalue weighted by Crippen LogP contribution is -2.31. The Labute approximate surface area is 116 Å². The van der Waals surface area contributed by atoms with Crippen LogP contribution in [0.3, 0.4) is 0 Å². The largest absolute Gasteiger partial charge is 0.353 e. The maximum atomic E-state index is 10.8. The summed E-state index contributed by atoms with van der Waals surface area (Å²) in [5.74, 6) is -0.603. The first kappa shape index (κ1) is 17.4. The van der Waals surface area contributed by atoms with E-state index in [1.54, 1.807) is 6.92 Å². The fourth-order valence-corrected chi connectivity index (χ4v) is 1.16. The second kappa shape index (κ2) is 11.5. The summed E-state index contributed by atoms with van der Waals surface area (Å²) in [5.41, 5.74) is 0. The molecule has 0 aliphatic heterocycles. The summed E-state index contributed by atoms with van der Waals surface area (Å²) in [6, 6.07) is 0. The van der Waals surface area contributed by atoms with Crippen molar-refractivity contribution in [1.82, 2.24) is 10.6 Å². The lowest BCUT2D eigenvalue weighted by Gasteiger charge is -2.14. The van der Waals surface area contributed by atoms with Crippen molar-refractivity contribution in [2.75, 3.05) is 38.1 Å². The number of carbonyl (C=O) groups is 2. The highest BCUT2D eigenvalue weighted by Gasteiger charge is 2.03. The number of amides is 2. The van der Waals surface area contributed by atoms with Gasteiger partial charge in [-0.15, -0.1) is 23.2 Å². The zero-order valence-electron chi connectivity index (χ0n) is 10.2. The molecule has 0 heterocycles. The van der Waals surface area contributed by atoms with Crippen LogP contribution in [-0.2, 0) is 19.1 Å². The molecule has 0 aromatic carbocycles. The first-order chi connectivity index (χ1) is 8.60. The molecule has 0 aliphatic carbocycles. The molecule has 2 N–H and O–H groups in total. The molecule has 0 spiro atoms. The second-order valence-corrected chi connectivity index (χ2v) is 3.81. The van der Waals surface area contributed by atoms with E-state index in [0.29, 0.717) is 26.3 Å². The van der Waals surface area contributed by atoms with Crippen LogP contribution in [0.15, 0.2) is 0 Å². The van der Waals surface area contributed by atoms with E-state index in [0.717, 1.165) is 0 Å². The Balaban J connectivity index is 3.35. The van der Waals surface area contributed by atoms with Gasteiger partial charge in [0.05, 0.1) is 13.2 Å². The highest BCUT2D eigenvalue weighted by atomic mass is 35.5. The minimum atomic E-state index is -0.411. The van der Waals surface area contributed by atoms with Gasteiger partial charge in [-0.3, -0.25) is 9.59 Å². The van der Waals surface area contributed by atoms with Crippen LogP contribution in [0.25, 0.3) is 0 Å². The van der Waals surface area contributed by atoms with Gasteiger partial charge in [0, 0.05) is 13.1 Å². The molecule has 6 nitrogen and oxygen atoms in total. The third-order valence-electron chi connectivity index (χ3n) is 1.80. The van der Waals surface area contributed by atoms with Crippen molar-refractivity contribution in [3.05, 3.63) is 0 Å². The molecule has 0 radical (unpaired) electrons. The van der Waals surface area contributed by atoms with Crippen LogP contribution in [0.2, 0.25) is 0 Å². The van der Waals surface area contributed by atoms with Crippen LogP contribution >= 0.6 is 23.2 Å². The Bertz CT molecular complexity index is 230. The van der Waals surface area contributed by atoms with Crippen LogP contribution in [0.1, 0.15) is 6.92 Å². The van der Waals surface area contributed by atoms with Gasteiger partial charge >= 0.3 is 0 Å². The molecule has 0 rings (SSSR count). The van der Waals surface area contributed by atoms with Crippen molar-refractivity contribution in [2.45, 2.75) is 13.2 Å². The molecular weight excluding hydrogens is 283 g/mol. The van der Waals surface area contributed by atoms with Crippen LogP contribution < -0.4 is 10.6 Å². The third-order valence-corrected chi connectivity index (χ3v) is 2.28. The molecule has 8 heteroatoms. The Morgan fingerprint density at radius 2 is 1.39 bits per heavy atom. The van der Waals surface area contributed by atoms with Crippen LogP contribution in [0, 0.1) is 0 Å². The molecule has 2 amide bonds. The first-order valence-corrected chi connectivity index (χ1v) is 6.55. The Morgan fingerprint density at radius 3 is 1.72 bits per heavy atom. The maximum absolute atomic E-state index is 10.8. The molecule has 106 valence electrons. The molecule has 0 bridgehead atoms. The van der Waals surface area contributed by atoms with E-state index in [1.807, 2.05) is 0 Å². The molecule has 0 aromatic rings. The van der Waals surface area contributed by atoms with Crippen molar-refractivity contribution >= 4 is 35.0 Å². The fourth-order valence-electron chi connectivity index (χ4n) is 0.973. The van der Waals surface area contributed by atoms with Gasteiger partial charge in [-0.05, 0) is 6.92 Å². The summed E-state index contributed by atoms with van der Waals surface area (Å²) in [6.07, 6.45) is -0.411. The van der Waals surface area contributed by atoms with Gasteiger partial charge in [-0.2, -0.15) is 0 Å². The van der Waals surface area contributed by atoms with Gasteiger partial charge in [0.25, 0.3) is 0 Å². The minimum absolute atomic E-state index is 0.0632. The lowest BCUT2D eigenvalue weighted by atomic mass is 10.6. The van der Waals surface area contributed by atoms with E-state index in [-0.39, 0.29) is 23.6 Å². The van der Waals surface area contributed by atoms with E-state index in [2.05, 4.69) is 10.6 Å². The van der Waals surface area contributed by atoms with Crippen molar-refractivity contribution in [2.24, 2.45) is 0 Å². The van der Waals surface area contributed by atoms with Crippen LogP contribution in [0.5, 0.6) is 0 Å². The van der Waals surface area contributed by atoms with E-state index in [1.165, 1.54) is 0 Å². The topological polar surface area (TPSA) is 76.7 Å². The maximum Gasteiger partial charge on any atom is 0.235 e. The molecule has 0 saturated heterocycles. The number of hydrogen-bond donors (Lipinski definition) is 2. The van der Waals surface area contributed by atoms with Crippen LogP contribution in [0.4, 0.5) is 0 Å². The summed E-state index contributed by atoms with van der Waals surface area (Å²) >= 11 is 10.6. The van der Waals surface area contributed by atoms with Crippen molar-refractivity contribution < 1.29 is 19.1 Å². The standard InChI is InChI=1S/C10H18Cl2N2O4/c1-8(17-4-2-13-9(15)6-11)18-5-3-14-10(16)7-12/h8H,2-7H2,1H3,(H,13,15)(H,14,16). The summed E-state index contributed by atoms with van der Waals surface area (Å²) in [4.78, 5) is 21.6. The third kappa shape index (κ3) is 10.6. The quantitative estimate of drug-likeness (QED) is 0.340. The molecule has 0 fully saturated rings. The van der Waals surface area contributed by atoms with Gasteiger partial charge in [0.2, 0.25) is 11.8 Å². The summed E-state index contributed by atoms with van der Waals surface area (Å²) in [6.45, 7) is 3.15. The van der Waals surface area contributed by atoms with Gasteiger partial charge in [0.1, 0.15) is 11.8 Å². The molecule has 0 aliphatic rings. The van der Waals surface area contributed by atoms with Crippen molar-refractivity contribution in [3.8, 4) is 0 Å². The zero-order chi connectivity index (χ0) is 13.8. The molecule has 0 saturated carbocycles. The number of ether oxygens (including phenoxy) is 2. The number of rotatable bonds is 10. The number of halogens is 2. The Kier molecular flexibility index (Phi) is 11.2. The summed E-state index contributed by atoms with van der Waals surface area (Å²) in [5, 5.41) is 5.11. The number of nitrogens with one attached hydrogen (secondary N) is 2. The molecule has 0 unspecified atom stereocenters. The average molecular weight is 301 g/mol. The predicted octanol–water partition coefficient (Wildman–Crippen LogP) is 0.0756. The summed E-state index contributed by atoms with van der Waals surface area (Å²) in [7, 11) is 0. The SMILES string of the molecule is CC(OCCNC(=O)CCl)OCCNC(=O)CCl. The van der Waals surface area contributed by atoms with E-state index >= 15 is 0 Å². The van der Waals surface area contributed by atoms with Crippen molar-refractivity contribution in [1.29, 1.82) is 0 Å². The van der Waals surface area contributed by atoms with E-state index in [4.69, 9.17) is 32.7 Å².